The maximum atomic E-state index is 15.0. The third-order valence-corrected chi connectivity index (χ3v) is 17.1. The number of carboxylic acids is 4. The second-order valence-corrected chi connectivity index (χ2v) is 24.5. The average Bonchev–Trinajstić information content (AvgIpc) is 3.97. The van der Waals surface area contributed by atoms with E-state index in [0.29, 0.717) is 5.56 Å². The second-order valence-electron chi connectivity index (χ2n) is 19.1. The Kier molecular flexibility index (Phi) is 17.6. The highest BCUT2D eigenvalue weighted by molar-refractivity contribution is 8.02. The molecule has 0 aliphatic carbocycles. The van der Waals surface area contributed by atoms with Gasteiger partial charge in [0.25, 0.3) is 0 Å². The van der Waals surface area contributed by atoms with Crippen molar-refractivity contribution in [3.05, 3.63) is 108 Å². The fourth-order valence-corrected chi connectivity index (χ4v) is 13.2. The average molecular weight is 1070 g/mol. The minimum absolute atomic E-state index is 0.162. The molecule has 22 nitrogen and oxygen atoms in total. The molecular formula is C48H59N9O13S3. The van der Waals surface area contributed by atoms with Crippen LogP contribution in [0.3, 0.4) is 0 Å². The van der Waals surface area contributed by atoms with Gasteiger partial charge in [0.2, 0.25) is 29.5 Å². The monoisotopic (exact) mass is 1070 g/mol. The molecule has 73 heavy (non-hydrogen) atoms. The van der Waals surface area contributed by atoms with E-state index in [1.165, 1.54) is 24.3 Å². The van der Waals surface area contributed by atoms with Crippen molar-refractivity contribution in [1.29, 1.82) is 0 Å². The van der Waals surface area contributed by atoms with Crippen molar-refractivity contribution in [1.82, 2.24) is 42.5 Å². The Balaban J connectivity index is 1.34. The molecule has 0 saturated carbocycles. The standard InChI is InChI=1S/C48H59N9O13S3/c1-46(2)31(43(65)66)55-39(71-46)28(52-34(58)25(49)22-16-10-7-11-17-22)37(61)50-26(23-18-12-8-13-19-23)35(59)53-29(40-56-32(44(67)68)47(3,4)72-40)38(62)51-27(24-20-14-9-15-21-24)36(60)54-30(42(63)64)41-57-33(45(69)70)48(5,6)73-41/h7-21,25-33,39-41,55-57H,49H2,1-6H3,(H,50,61)(H,51,62)(H,52,58)(H,53,59)(H,54,60)(H,63,64)(H,65,66)(H,67,68)(H,69,70)/t25-,26-,27?,28+,29-,30+,31+,32+,33+,39-,40-,41-/m1/s1. The predicted molar refractivity (Wildman–Crippen MR) is 272 cm³/mol. The summed E-state index contributed by atoms with van der Waals surface area (Å²) in [6.07, 6.45) is 0. The first-order valence-electron chi connectivity index (χ1n) is 22.9. The summed E-state index contributed by atoms with van der Waals surface area (Å²) >= 11 is 3.04. The topological polar surface area (TPSA) is 357 Å². The highest BCUT2D eigenvalue weighted by Crippen LogP contribution is 2.42. The van der Waals surface area contributed by atoms with E-state index in [0.717, 1.165) is 35.3 Å². The number of amides is 5. The lowest BCUT2D eigenvalue weighted by Gasteiger charge is -2.31. The number of rotatable bonds is 20. The number of hydrogen-bond acceptors (Lipinski definition) is 16. The molecule has 1 unspecified atom stereocenters. The van der Waals surface area contributed by atoms with Crippen LogP contribution in [0.1, 0.15) is 76.4 Å². The van der Waals surface area contributed by atoms with Crippen LogP contribution in [0.4, 0.5) is 0 Å². The van der Waals surface area contributed by atoms with Gasteiger partial charge >= 0.3 is 23.9 Å². The first-order chi connectivity index (χ1) is 34.2. The van der Waals surface area contributed by atoms with Gasteiger partial charge in [0.05, 0.1) is 16.1 Å². The van der Waals surface area contributed by atoms with E-state index in [9.17, 15) is 63.6 Å². The molecule has 3 aromatic carbocycles. The van der Waals surface area contributed by atoms with Crippen LogP contribution in [0.5, 0.6) is 0 Å². The lowest BCUT2D eigenvalue weighted by molar-refractivity contribution is -0.143. The number of nitrogens with two attached hydrogens (primary N) is 1. The first kappa shape index (κ1) is 56.1. The Morgan fingerprint density at radius 1 is 0.438 bits per heavy atom. The largest absolute Gasteiger partial charge is 0.480 e. The van der Waals surface area contributed by atoms with Crippen molar-refractivity contribution in [3.8, 4) is 0 Å². The molecule has 0 radical (unpaired) electrons. The summed E-state index contributed by atoms with van der Waals surface area (Å²) in [6, 6.07) is 10.5. The summed E-state index contributed by atoms with van der Waals surface area (Å²) in [4.78, 5) is 123. The molecule has 0 bridgehead atoms. The van der Waals surface area contributed by atoms with E-state index >= 15 is 0 Å². The van der Waals surface area contributed by atoms with Gasteiger partial charge in [-0.15, -0.1) is 35.3 Å². The molecule has 0 aromatic heterocycles. The summed E-state index contributed by atoms with van der Waals surface area (Å²) in [6.45, 7) is 9.71. The maximum absolute atomic E-state index is 15.0. The zero-order valence-corrected chi connectivity index (χ0v) is 42.8. The quantitative estimate of drug-likeness (QED) is 0.0738. The van der Waals surface area contributed by atoms with E-state index in [2.05, 4.69) is 42.5 Å². The van der Waals surface area contributed by atoms with Gasteiger partial charge in [-0.05, 0) is 58.2 Å². The summed E-state index contributed by atoms with van der Waals surface area (Å²) in [7, 11) is 0. The molecule has 392 valence electrons. The van der Waals surface area contributed by atoms with Gasteiger partial charge in [-0.25, -0.2) is 4.79 Å². The molecule has 3 aliphatic heterocycles. The van der Waals surface area contributed by atoms with Crippen molar-refractivity contribution in [2.45, 2.75) is 126 Å². The summed E-state index contributed by atoms with van der Waals surface area (Å²) in [5, 5.41) is 58.7. The number of hydrogen-bond donors (Lipinski definition) is 13. The van der Waals surface area contributed by atoms with Crippen LogP contribution < -0.4 is 48.3 Å². The fraction of sp³-hybridized carbons (Fsp3) is 0.438. The number of carbonyl (C=O) groups excluding carboxylic acids is 5. The molecule has 3 aliphatic rings. The highest BCUT2D eigenvalue weighted by Gasteiger charge is 2.53. The predicted octanol–water partition coefficient (Wildman–Crippen LogP) is 0.623. The molecule has 5 amide bonds. The van der Waals surface area contributed by atoms with Crippen molar-refractivity contribution in [2.24, 2.45) is 5.73 Å². The number of benzene rings is 3. The lowest BCUT2D eigenvalue weighted by atomic mass is 10.0. The van der Waals surface area contributed by atoms with Crippen LogP contribution in [0.15, 0.2) is 91.0 Å². The number of carbonyl (C=O) groups is 9. The van der Waals surface area contributed by atoms with Crippen molar-refractivity contribution < 1.29 is 63.6 Å². The number of aliphatic carboxylic acids is 4. The molecule has 0 spiro atoms. The van der Waals surface area contributed by atoms with Gasteiger partial charge in [0.15, 0.2) is 6.04 Å². The Morgan fingerprint density at radius 3 is 1.03 bits per heavy atom. The summed E-state index contributed by atoms with van der Waals surface area (Å²) in [5.74, 6) is -10.1. The molecule has 3 aromatic rings. The second kappa shape index (κ2) is 22.9. The van der Waals surface area contributed by atoms with Gasteiger partial charge in [0, 0.05) is 14.2 Å². The molecule has 12 atom stereocenters. The third kappa shape index (κ3) is 13.1. The zero-order valence-electron chi connectivity index (χ0n) is 40.4. The first-order valence-corrected chi connectivity index (χ1v) is 25.5. The van der Waals surface area contributed by atoms with Crippen molar-refractivity contribution >= 4 is 88.7 Å². The Hall–Kier alpha value is -6.22. The van der Waals surface area contributed by atoms with Crippen molar-refractivity contribution in [2.75, 3.05) is 0 Å². The van der Waals surface area contributed by atoms with Gasteiger partial charge in [-0.1, -0.05) is 91.0 Å². The van der Waals surface area contributed by atoms with Gasteiger partial charge in [-0.2, -0.15) is 0 Å². The lowest BCUT2D eigenvalue weighted by Crippen LogP contribution is -2.61. The Bertz CT molecular complexity index is 2580. The smallest absolute Gasteiger partial charge is 0.328 e. The van der Waals surface area contributed by atoms with Crippen LogP contribution in [0.25, 0.3) is 0 Å². The number of thioether (sulfide) groups is 3. The molecular weight excluding hydrogens is 1010 g/mol. The van der Waals surface area contributed by atoms with E-state index < -0.39 is 138 Å². The van der Waals surface area contributed by atoms with Crippen LogP contribution in [-0.2, 0) is 43.2 Å². The molecule has 6 rings (SSSR count). The molecule has 25 heteroatoms. The minimum atomic E-state index is -1.74. The fourth-order valence-electron chi connectivity index (χ4n) is 8.69. The normalized spacial score (nSPS) is 25.0. The summed E-state index contributed by atoms with van der Waals surface area (Å²) in [5.41, 5.74) is 7.09. The van der Waals surface area contributed by atoms with Crippen LogP contribution in [0, 0.1) is 0 Å². The zero-order chi connectivity index (χ0) is 53.7. The van der Waals surface area contributed by atoms with E-state index in [1.807, 2.05) is 0 Å². The minimum Gasteiger partial charge on any atom is -0.480 e. The van der Waals surface area contributed by atoms with Gasteiger partial charge < -0.3 is 52.7 Å². The Labute approximate surface area is 432 Å². The van der Waals surface area contributed by atoms with Crippen LogP contribution in [-0.4, -0.2) is 140 Å². The molecule has 3 saturated heterocycles. The summed E-state index contributed by atoms with van der Waals surface area (Å²) < 4.78 is -3.12. The molecule has 3 heterocycles. The molecule has 3 fully saturated rings. The SMILES string of the molecule is CC1(C)S[C@H]([C@H](NC(=O)C(NC(=O)[C@@H](NC(=O)[C@H](NC(=O)[C@H](NC(=O)[C@H](N)c2ccccc2)[C@@H]2N[C@@H](C(=O)O)C(C)(C)S2)c2ccccc2)[C@@H]2N[C@@H](C(=O)O)C(C)(C)S2)c2ccccc2)C(=O)O)N[C@H]1C(=O)O. The van der Waals surface area contributed by atoms with E-state index in [1.54, 1.807) is 108 Å². The maximum Gasteiger partial charge on any atom is 0.328 e. The Morgan fingerprint density at radius 2 is 0.726 bits per heavy atom. The molecule has 14 N–H and O–H groups in total. The van der Waals surface area contributed by atoms with E-state index in [-0.39, 0.29) is 11.1 Å². The van der Waals surface area contributed by atoms with Crippen LogP contribution in [0.2, 0.25) is 0 Å². The van der Waals surface area contributed by atoms with E-state index in [4.69, 9.17) is 5.73 Å². The highest BCUT2D eigenvalue weighted by atomic mass is 32.2. The van der Waals surface area contributed by atoms with Gasteiger partial charge in [-0.3, -0.25) is 54.3 Å². The van der Waals surface area contributed by atoms with Crippen LogP contribution >= 0.6 is 35.3 Å². The van der Waals surface area contributed by atoms with Gasteiger partial charge in [0.1, 0.15) is 48.3 Å². The number of nitrogens with one attached hydrogen (secondary N) is 8. The van der Waals surface area contributed by atoms with Crippen molar-refractivity contribution in [3.63, 3.8) is 0 Å². The third-order valence-electron chi connectivity index (χ3n) is 12.5. The number of carboxylic acid groups (broad SMARTS) is 4.